The number of pyridine rings is 1. The number of benzene rings is 2. The molecule has 1 saturated heterocycles. The molecule has 0 aliphatic carbocycles. The molecule has 172 valence electrons. The zero-order chi connectivity index (χ0) is 22.8. The molecule has 0 spiro atoms. The molecule has 0 radical (unpaired) electrons. The van der Waals surface area contributed by atoms with E-state index in [0.29, 0.717) is 19.3 Å². The van der Waals surface area contributed by atoms with Crippen molar-refractivity contribution in [1.82, 2.24) is 14.3 Å². The molecule has 0 N–H and O–H groups in total. The Hall–Kier alpha value is -2.77. The lowest BCUT2D eigenvalue weighted by Crippen LogP contribution is -2.44. The van der Waals surface area contributed by atoms with E-state index in [1.165, 1.54) is 11.1 Å². The molecule has 0 saturated carbocycles. The quantitative estimate of drug-likeness (QED) is 0.546. The minimum Gasteiger partial charge on any atom is -0.486 e. The van der Waals surface area contributed by atoms with E-state index in [2.05, 4.69) is 54.9 Å². The van der Waals surface area contributed by atoms with Gasteiger partial charge in [0.25, 0.3) is 5.56 Å². The van der Waals surface area contributed by atoms with E-state index in [1.807, 2.05) is 16.7 Å². The number of piperidine rings is 1. The number of fused-ring (bicyclic) bond motifs is 2. The summed E-state index contributed by atoms with van der Waals surface area (Å²) in [6.07, 6.45) is 2.29. The Kier molecular flexibility index (Phi) is 6.42. The molecule has 3 aromatic rings. The van der Waals surface area contributed by atoms with Crippen molar-refractivity contribution in [2.75, 3.05) is 32.8 Å². The van der Waals surface area contributed by atoms with Gasteiger partial charge in [-0.2, -0.15) is 0 Å². The average Bonchev–Trinajstić information content (AvgIpc) is 2.83. The summed E-state index contributed by atoms with van der Waals surface area (Å²) in [4.78, 5) is 17.5. The molecule has 2 aliphatic heterocycles. The van der Waals surface area contributed by atoms with Gasteiger partial charge < -0.3 is 23.8 Å². The summed E-state index contributed by atoms with van der Waals surface area (Å²) < 4.78 is 13.3. The highest BCUT2D eigenvalue weighted by atomic mass is 16.6. The van der Waals surface area contributed by atoms with Crippen LogP contribution in [-0.4, -0.2) is 61.1 Å². The van der Waals surface area contributed by atoms with Gasteiger partial charge in [-0.1, -0.05) is 17.7 Å². The molecule has 33 heavy (non-hydrogen) atoms. The third-order valence-corrected chi connectivity index (χ3v) is 7.00. The number of hydrogen-bond acceptors (Lipinski definition) is 5. The summed E-state index contributed by atoms with van der Waals surface area (Å²) in [7, 11) is 2.22. The molecule has 0 unspecified atom stereocenters. The maximum Gasteiger partial charge on any atom is 0.251 e. The fraction of sp³-hybridized carbons (Fsp3) is 0.423. The highest BCUT2D eigenvalue weighted by Gasteiger charge is 2.23. The third-order valence-electron chi connectivity index (χ3n) is 7.00. The maximum absolute atomic E-state index is 12.5. The Balaban J connectivity index is 1.15. The molecule has 7 heteroatoms. The summed E-state index contributed by atoms with van der Waals surface area (Å²) in [6.45, 7) is 8.01. The van der Waals surface area contributed by atoms with Crippen molar-refractivity contribution >= 4 is 18.9 Å². The Morgan fingerprint density at radius 1 is 0.970 bits per heavy atom. The van der Waals surface area contributed by atoms with Crippen LogP contribution in [0.3, 0.4) is 0 Å². The highest BCUT2D eigenvalue weighted by Crippen LogP contribution is 2.31. The largest absolute Gasteiger partial charge is 0.486 e. The van der Waals surface area contributed by atoms with Gasteiger partial charge in [-0.05, 0) is 74.1 Å². The smallest absolute Gasteiger partial charge is 0.251 e. The van der Waals surface area contributed by atoms with Crippen LogP contribution in [0.15, 0.2) is 53.3 Å². The number of aromatic nitrogens is 1. The van der Waals surface area contributed by atoms with Crippen LogP contribution in [0.25, 0.3) is 10.9 Å². The van der Waals surface area contributed by atoms with Gasteiger partial charge in [0.2, 0.25) is 0 Å². The van der Waals surface area contributed by atoms with E-state index in [4.69, 9.17) is 9.47 Å². The summed E-state index contributed by atoms with van der Waals surface area (Å²) in [5, 5.41) is 1.13. The summed E-state index contributed by atoms with van der Waals surface area (Å²) in [5.41, 5.74) is 3.59. The SMILES string of the molecule is BN(Cc1ccc2c(c1)OCCO2)C1CCN(CCn2c(=O)ccc3cc(C)ccc32)CC1. The normalized spacial score (nSPS) is 17.0. The van der Waals surface area contributed by atoms with Crippen LogP contribution >= 0.6 is 0 Å². The maximum atomic E-state index is 12.5. The van der Waals surface area contributed by atoms with Gasteiger partial charge in [0.05, 0.1) is 5.52 Å². The topological polar surface area (TPSA) is 46.9 Å². The molecule has 2 aliphatic rings. The van der Waals surface area contributed by atoms with Crippen molar-refractivity contribution in [2.45, 2.75) is 38.9 Å². The molecule has 3 heterocycles. The second kappa shape index (κ2) is 9.61. The molecule has 0 amide bonds. The first-order valence-electron chi connectivity index (χ1n) is 12.0. The minimum atomic E-state index is 0.0837. The Morgan fingerprint density at radius 3 is 2.58 bits per heavy atom. The molecule has 0 bridgehead atoms. The fourth-order valence-corrected chi connectivity index (χ4v) is 5.08. The standard InChI is InChI=1S/C26H32BN3O3/c1-19-2-5-23-21(16-19)4-7-26(31)29(23)13-12-28-10-8-22(9-11-28)30(27)18-20-3-6-24-25(17-20)33-15-14-32-24/h2-7,16-17,22H,8-15,18,27H2,1H3. The van der Waals surface area contributed by atoms with E-state index in [0.717, 1.165) is 68.0 Å². The second-order valence-corrected chi connectivity index (χ2v) is 9.35. The number of ether oxygens (including phenoxy) is 2. The lowest BCUT2D eigenvalue weighted by atomic mass is 9.99. The Bertz CT molecular complexity index is 1190. The zero-order valence-corrected chi connectivity index (χ0v) is 19.6. The van der Waals surface area contributed by atoms with Gasteiger partial charge in [0, 0.05) is 31.7 Å². The van der Waals surface area contributed by atoms with Gasteiger partial charge >= 0.3 is 0 Å². The molecule has 2 aromatic carbocycles. The van der Waals surface area contributed by atoms with Crippen LogP contribution in [0.4, 0.5) is 0 Å². The van der Waals surface area contributed by atoms with E-state index >= 15 is 0 Å². The van der Waals surface area contributed by atoms with E-state index < -0.39 is 0 Å². The highest BCUT2D eigenvalue weighted by molar-refractivity contribution is 6.04. The van der Waals surface area contributed by atoms with Crippen LogP contribution in [0, 0.1) is 6.92 Å². The van der Waals surface area contributed by atoms with Gasteiger partial charge in [0.1, 0.15) is 13.2 Å². The minimum absolute atomic E-state index is 0.0837. The van der Waals surface area contributed by atoms with Gasteiger partial charge in [-0.15, -0.1) is 0 Å². The number of nitrogens with zero attached hydrogens (tertiary/aromatic N) is 3. The van der Waals surface area contributed by atoms with E-state index in [1.54, 1.807) is 6.07 Å². The number of likely N-dealkylation sites (tertiary alicyclic amines) is 1. The molecule has 5 rings (SSSR count). The molecule has 6 nitrogen and oxygen atoms in total. The van der Waals surface area contributed by atoms with Crippen molar-refractivity contribution in [3.63, 3.8) is 0 Å². The van der Waals surface area contributed by atoms with Crippen LogP contribution in [0.2, 0.25) is 0 Å². The zero-order valence-electron chi connectivity index (χ0n) is 19.6. The number of rotatable bonds is 6. The van der Waals surface area contributed by atoms with Crippen LogP contribution in [-0.2, 0) is 13.1 Å². The van der Waals surface area contributed by atoms with Crippen LogP contribution < -0.4 is 15.0 Å². The average molecular weight is 445 g/mol. The van der Waals surface area contributed by atoms with Crippen molar-refractivity contribution < 1.29 is 9.47 Å². The van der Waals surface area contributed by atoms with Gasteiger partial charge in [0.15, 0.2) is 19.5 Å². The van der Waals surface area contributed by atoms with Crippen LogP contribution in [0.1, 0.15) is 24.0 Å². The number of hydrogen-bond donors (Lipinski definition) is 0. The van der Waals surface area contributed by atoms with E-state index in [9.17, 15) is 4.79 Å². The second-order valence-electron chi connectivity index (χ2n) is 9.35. The predicted octanol–water partition coefficient (Wildman–Crippen LogP) is 2.60. The van der Waals surface area contributed by atoms with Crippen LogP contribution in [0.5, 0.6) is 11.5 Å². The number of aryl methyl sites for hydroxylation is 1. The van der Waals surface area contributed by atoms with Crippen molar-refractivity contribution in [2.24, 2.45) is 0 Å². The van der Waals surface area contributed by atoms with Gasteiger partial charge in [-0.3, -0.25) is 4.79 Å². The first kappa shape index (κ1) is 22.0. The first-order chi connectivity index (χ1) is 16.1. The van der Waals surface area contributed by atoms with Gasteiger partial charge in [-0.25, -0.2) is 0 Å². The molecule has 1 aromatic heterocycles. The van der Waals surface area contributed by atoms with Crippen molar-refractivity contribution in [1.29, 1.82) is 0 Å². The molecular formula is C26H32BN3O3. The molecule has 0 atom stereocenters. The Labute approximate surface area is 196 Å². The predicted molar refractivity (Wildman–Crippen MR) is 134 cm³/mol. The van der Waals surface area contributed by atoms with E-state index in [-0.39, 0.29) is 5.56 Å². The molecule has 1 fully saturated rings. The fourth-order valence-electron chi connectivity index (χ4n) is 5.08. The van der Waals surface area contributed by atoms with Crippen molar-refractivity contribution in [3.05, 3.63) is 70.0 Å². The third kappa shape index (κ3) is 4.94. The first-order valence-corrected chi connectivity index (χ1v) is 12.0. The molecular weight excluding hydrogens is 413 g/mol. The summed E-state index contributed by atoms with van der Waals surface area (Å²) in [5.74, 6) is 1.71. The summed E-state index contributed by atoms with van der Waals surface area (Å²) in [6, 6.07) is 16.8. The van der Waals surface area contributed by atoms with Crippen molar-refractivity contribution in [3.8, 4) is 11.5 Å². The Morgan fingerprint density at radius 2 is 1.76 bits per heavy atom. The monoisotopic (exact) mass is 445 g/mol. The lowest BCUT2D eigenvalue weighted by Gasteiger charge is -2.37. The summed E-state index contributed by atoms with van der Waals surface area (Å²) >= 11 is 0. The lowest BCUT2D eigenvalue weighted by molar-refractivity contribution is 0.153.